The van der Waals surface area contributed by atoms with Crippen LogP contribution in [0.5, 0.6) is 23.0 Å². The number of allylic oxidation sites excluding steroid dienone is 28. The molecule has 586 valence electrons. The maximum absolute atomic E-state index is 14.0. The summed E-state index contributed by atoms with van der Waals surface area (Å²) in [4.78, 5) is 53.4. The van der Waals surface area contributed by atoms with E-state index in [-0.39, 0.29) is 12.8 Å². The van der Waals surface area contributed by atoms with Crippen molar-refractivity contribution in [3.8, 4) is 23.0 Å². The topological polar surface area (TPSA) is 105 Å². The number of benzene rings is 4. The number of carbonyl (C=O) groups excluding carboxylic acids is 4. The zero-order chi connectivity index (χ0) is 79.5. The molecule has 0 heterocycles. The largest absolute Gasteiger partial charge is 0.426 e. The maximum Gasteiger partial charge on any atom is 0.311 e. The van der Waals surface area contributed by atoms with Crippen molar-refractivity contribution < 1.29 is 38.1 Å². The Morgan fingerprint density at radius 1 is 0.241 bits per heavy atom. The summed E-state index contributed by atoms with van der Waals surface area (Å²) in [7, 11) is 0. The van der Waals surface area contributed by atoms with Gasteiger partial charge in [-0.25, -0.2) is 0 Å². The number of carbonyl (C=O) groups is 4. The fourth-order valence-electron chi connectivity index (χ4n) is 13.3. The molecule has 0 aliphatic rings. The molecule has 0 saturated heterocycles. The molecular weight excluding hydrogens is 1330 g/mol. The Hall–Kier alpha value is -8.36. The van der Waals surface area contributed by atoms with Gasteiger partial charge in [-0.05, 0) is 303 Å². The summed E-state index contributed by atoms with van der Waals surface area (Å²) < 4.78 is 24.4. The number of ether oxygens (including phenoxy) is 4. The second-order valence-electron chi connectivity index (χ2n) is 31.3. The molecule has 0 saturated carbocycles. The molecule has 0 unspecified atom stereocenters. The smallest absolute Gasteiger partial charge is 0.311 e. The van der Waals surface area contributed by atoms with Gasteiger partial charge >= 0.3 is 23.9 Å². The van der Waals surface area contributed by atoms with E-state index in [0.717, 1.165) is 165 Å². The van der Waals surface area contributed by atoms with Crippen molar-refractivity contribution in [2.75, 3.05) is 0 Å². The molecule has 4 rings (SSSR count). The van der Waals surface area contributed by atoms with Crippen LogP contribution in [0.1, 0.15) is 314 Å². The summed E-state index contributed by atoms with van der Waals surface area (Å²) in [6.45, 7) is 42.0. The van der Waals surface area contributed by atoms with Crippen LogP contribution in [0.2, 0.25) is 0 Å². The van der Waals surface area contributed by atoms with Crippen LogP contribution in [0, 0.1) is 13.8 Å². The van der Waals surface area contributed by atoms with Crippen LogP contribution >= 0.6 is 0 Å². The van der Waals surface area contributed by atoms with Crippen LogP contribution in [0.25, 0.3) is 21.5 Å². The fourth-order valence-corrected chi connectivity index (χ4v) is 13.3. The molecule has 4 aromatic rings. The van der Waals surface area contributed by atoms with E-state index in [9.17, 15) is 19.2 Å². The summed E-state index contributed by atoms with van der Waals surface area (Å²) in [5.74, 6) is -0.533. The minimum atomic E-state index is -0.607. The van der Waals surface area contributed by atoms with Crippen molar-refractivity contribution in [3.05, 3.63) is 234 Å². The molecule has 0 spiro atoms. The van der Waals surface area contributed by atoms with Gasteiger partial charge in [0.1, 0.15) is 23.0 Å². The molecule has 8 nitrogen and oxygen atoms in total. The molecule has 0 aliphatic heterocycles. The summed E-state index contributed by atoms with van der Waals surface area (Å²) in [5.41, 5.74) is 22.5. The van der Waals surface area contributed by atoms with Gasteiger partial charge in [0.05, 0.1) is 12.8 Å². The van der Waals surface area contributed by atoms with Gasteiger partial charge in [-0.2, -0.15) is 0 Å². The van der Waals surface area contributed by atoms with Crippen molar-refractivity contribution in [3.63, 3.8) is 0 Å². The van der Waals surface area contributed by atoms with Crippen LogP contribution in [-0.2, 0) is 32.0 Å². The monoisotopic (exact) mass is 1470 g/mol. The normalized spacial score (nSPS) is 13.6. The number of rotatable bonds is 47. The van der Waals surface area contributed by atoms with Crippen molar-refractivity contribution in [2.24, 2.45) is 0 Å². The highest BCUT2D eigenvalue weighted by molar-refractivity contribution is 6.00. The third kappa shape index (κ3) is 37.2. The second-order valence-corrected chi connectivity index (χ2v) is 31.3. The van der Waals surface area contributed by atoms with Gasteiger partial charge in [0.25, 0.3) is 0 Å². The van der Waals surface area contributed by atoms with Crippen molar-refractivity contribution in [1.82, 2.24) is 0 Å². The van der Waals surface area contributed by atoms with Gasteiger partial charge < -0.3 is 18.9 Å². The number of esters is 4. The van der Waals surface area contributed by atoms with E-state index in [1.54, 1.807) is 0 Å². The maximum atomic E-state index is 14.0. The molecule has 8 heteroatoms. The quantitative estimate of drug-likeness (QED) is 0.0245. The third-order valence-electron chi connectivity index (χ3n) is 20.2. The van der Waals surface area contributed by atoms with Gasteiger partial charge in [-0.15, -0.1) is 0 Å². The minimum absolute atomic E-state index is 0.253. The molecule has 0 fully saturated rings. The Labute approximate surface area is 654 Å². The van der Waals surface area contributed by atoms with Crippen molar-refractivity contribution in [1.29, 1.82) is 0 Å². The zero-order valence-corrected chi connectivity index (χ0v) is 70.8. The lowest BCUT2D eigenvalue weighted by molar-refractivity contribution is -0.140. The highest BCUT2D eigenvalue weighted by Crippen LogP contribution is 2.44. The van der Waals surface area contributed by atoms with E-state index < -0.39 is 23.9 Å². The highest BCUT2D eigenvalue weighted by atomic mass is 16.6. The SMILES string of the molecule is CC(=O)Oc1c(C/C=C(\C)CC/C=C(\C)CC/C=C(\C)CC/C=C(\C)CC/C=C(\C)CC/C=C(\C)CCC=C(C)C)c(C)c(OC(=O)CCC(=O)Oc2c(C)c(C/C=C(\C)CC/C=C(\C)CC/C=C(\C)CC/C=C(\C)CC/C=C(\C)CC/C=C(\C)CCC=C(C)C)c(OC(C)=O)c3ccccc23)c2ccccc12. The summed E-state index contributed by atoms with van der Waals surface area (Å²) in [6.07, 6.45) is 58.9. The predicted octanol–water partition coefficient (Wildman–Crippen LogP) is 29.5. The van der Waals surface area contributed by atoms with E-state index in [4.69, 9.17) is 18.9 Å². The van der Waals surface area contributed by atoms with E-state index in [0.29, 0.717) is 68.5 Å². The summed E-state index contributed by atoms with van der Waals surface area (Å²) >= 11 is 0. The molecule has 0 bridgehead atoms. The lowest BCUT2D eigenvalue weighted by atomic mass is 9.95. The van der Waals surface area contributed by atoms with Crippen LogP contribution in [0.4, 0.5) is 0 Å². The van der Waals surface area contributed by atoms with Crippen LogP contribution in [-0.4, -0.2) is 23.9 Å². The van der Waals surface area contributed by atoms with Gasteiger partial charge in [-0.3, -0.25) is 19.2 Å². The molecule has 0 atom stereocenters. The van der Waals surface area contributed by atoms with Crippen molar-refractivity contribution in [2.45, 2.75) is 318 Å². The zero-order valence-electron chi connectivity index (χ0n) is 70.8. The average Bonchev–Trinajstić information content (AvgIpc) is 0.771. The molecular formula is C100H138O8. The Morgan fingerprint density at radius 3 is 0.620 bits per heavy atom. The number of hydrogen-bond acceptors (Lipinski definition) is 8. The van der Waals surface area contributed by atoms with Crippen LogP contribution in [0.15, 0.2) is 212 Å². The lowest BCUT2D eigenvalue weighted by Gasteiger charge is -2.20. The molecule has 0 amide bonds. The lowest BCUT2D eigenvalue weighted by Crippen LogP contribution is -2.16. The van der Waals surface area contributed by atoms with E-state index >= 15 is 0 Å². The Kier molecular flexibility index (Phi) is 43.6. The van der Waals surface area contributed by atoms with Gasteiger partial charge in [-0.1, -0.05) is 212 Å². The fraction of sp³-hybridized carbons (Fsp3) is 0.480. The third-order valence-corrected chi connectivity index (χ3v) is 20.2. The predicted molar refractivity (Wildman–Crippen MR) is 463 cm³/mol. The molecule has 0 N–H and O–H groups in total. The minimum Gasteiger partial charge on any atom is -0.426 e. The Balaban J connectivity index is 1.33. The second kappa shape index (κ2) is 51.1. The standard InChI is InChI=1S/C100H138O8/c1-71(2)37-25-39-73(5)41-27-43-75(7)45-29-47-77(9)49-31-51-79(11)53-33-55-81(13)57-35-59-83(15)65-67-89-85(17)97(91-61-21-23-63-93(91)99(89)105-87(19)101)107-95(103)69-70-96(104)108-98-86(18)90(100(106-88(20)102)94-64-24-22-62-92(94)98)68-66-84(16)60-36-58-82(14)56-34-54-80(12)52-32-50-78(10)48-30-46-76(8)44-28-42-74(6)40-26-38-72(3)4/h21-24,37-38,41-42,45-46,49-50,53-54,57-58,61-66H,25-36,39-40,43-44,47-48,51-52,55-56,59-60,67-70H2,1-20H3/b73-41+,74-42+,75-45+,76-46+,77-49+,78-50+,79-53+,80-54+,81-57+,82-58+,83-65+,84-66+. The Morgan fingerprint density at radius 2 is 0.426 bits per heavy atom. The molecule has 0 aliphatic carbocycles. The first-order chi connectivity index (χ1) is 51.5. The first-order valence-corrected chi connectivity index (χ1v) is 40.5. The first kappa shape index (κ1) is 92.0. The summed E-state index contributed by atoms with van der Waals surface area (Å²) in [5, 5.41) is 2.51. The van der Waals surface area contributed by atoms with Crippen LogP contribution in [0.3, 0.4) is 0 Å². The molecule has 108 heavy (non-hydrogen) atoms. The van der Waals surface area contributed by atoms with Crippen molar-refractivity contribution >= 4 is 45.4 Å². The molecule has 0 radical (unpaired) electrons. The van der Waals surface area contributed by atoms with Gasteiger partial charge in [0.15, 0.2) is 0 Å². The Bertz CT molecular complexity index is 3830. The summed E-state index contributed by atoms with van der Waals surface area (Å²) in [6, 6.07) is 14.9. The van der Waals surface area contributed by atoms with E-state index in [1.165, 1.54) is 91.9 Å². The molecule has 4 aromatic carbocycles. The van der Waals surface area contributed by atoms with Crippen LogP contribution < -0.4 is 18.9 Å². The average molecular weight is 1470 g/mol. The first-order valence-electron chi connectivity index (χ1n) is 40.5. The highest BCUT2D eigenvalue weighted by Gasteiger charge is 2.25. The van der Waals surface area contributed by atoms with E-state index in [2.05, 4.69) is 196 Å². The number of fused-ring (bicyclic) bond motifs is 2. The van der Waals surface area contributed by atoms with Gasteiger partial charge in [0.2, 0.25) is 0 Å². The van der Waals surface area contributed by atoms with E-state index in [1.807, 2.05) is 62.4 Å². The molecule has 0 aromatic heterocycles. The van der Waals surface area contributed by atoms with Gasteiger partial charge in [0, 0.05) is 46.5 Å². The number of hydrogen-bond donors (Lipinski definition) is 0.